The van der Waals surface area contributed by atoms with Gasteiger partial charge in [0, 0.05) is 16.3 Å². The van der Waals surface area contributed by atoms with E-state index in [1.165, 1.54) is 11.8 Å². The van der Waals surface area contributed by atoms with Crippen molar-refractivity contribution in [2.45, 2.75) is 16.3 Å². The van der Waals surface area contributed by atoms with Crippen molar-refractivity contribution in [2.24, 2.45) is 4.99 Å². The summed E-state index contributed by atoms with van der Waals surface area (Å²) >= 11 is 3.02. The number of thioether (sulfide) groups is 2. The van der Waals surface area contributed by atoms with Crippen LogP contribution in [0.25, 0.3) is 0 Å². The van der Waals surface area contributed by atoms with E-state index < -0.39 is 12.0 Å². The van der Waals surface area contributed by atoms with Crippen LogP contribution in [-0.2, 0) is 4.79 Å². The lowest BCUT2D eigenvalue weighted by molar-refractivity contribution is -0.137. The van der Waals surface area contributed by atoms with Crippen LogP contribution in [0.5, 0.6) is 5.75 Å². The number of carboxylic acids is 1. The molecule has 2 atom stereocenters. The van der Waals surface area contributed by atoms with Crippen molar-refractivity contribution >= 4 is 40.2 Å². The maximum atomic E-state index is 10.8. The molecule has 2 aliphatic heterocycles. The number of carboxylic acid groups (broad SMARTS) is 1. The molecule has 5 nitrogen and oxygen atoms in total. The zero-order chi connectivity index (χ0) is 12.7. The first kappa shape index (κ1) is 11.7. The van der Waals surface area contributed by atoms with Crippen LogP contribution in [0.4, 0.5) is 5.69 Å². The summed E-state index contributed by atoms with van der Waals surface area (Å²) < 4.78 is 0. The molecule has 0 aliphatic carbocycles. The van der Waals surface area contributed by atoms with Crippen molar-refractivity contribution in [2.75, 3.05) is 11.1 Å². The number of aliphatic imine (C=N–C) groups is 1. The summed E-state index contributed by atoms with van der Waals surface area (Å²) in [4.78, 5) is 16.0. The van der Waals surface area contributed by atoms with Gasteiger partial charge in [-0.05, 0) is 18.2 Å². The molecule has 7 heteroatoms. The van der Waals surface area contributed by atoms with Crippen molar-refractivity contribution in [1.82, 2.24) is 0 Å². The van der Waals surface area contributed by atoms with Crippen LogP contribution in [-0.4, -0.2) is 38.4 Å². The Morgan fingerprint density at radius 1 is 1.50 bits per heavy atom. The van der Waals surface area contributed by atoms with Gasteiger partial charge in [0.1, 0.15) is 16.2 Å². The quantitative estimate of drug-likeness (QED) is 0.718. The first-order chi connectivity index (χ1) is 8.63. The monoisotopic (exact) mass is 282 g/mol. The number of rotatable bonds is 2. The van der Waals surface area contributed by atoms with Crippen molar-refractivity contribution < 1.29 is 15.0 Å². The number of phenols is 1. The second kappa shape index (κ2) is 4.40. The molecular weight excluding hydrogens is 272 g/mol. The van der Waals surface area contributed by atoms with Gasteiger partial charge in [0.25, 0.3) is 0 Å². The van der Waals surface area contributed by atoms with E-state index in [9.17, 15) is 9.90 Å². The summed E-state index contributed by atoms with van der Waals surface area (Å²) in [5.74, 6) is -0.158. The summed E-state index contributed by atoms with van der Waals surface area (Å²) in [5, 5.41) is 22.3. The zero-order valence-corrected chi connectivity index (χ0v) is 10.8. The molecule has 0 spiro atoms. The molecule has 1 aromatic carbocycles. The number of phenolic OH excluding ortho intramolecular Hbond substituents is 1. The number of nitrogens with one attached hydrogen (secondary N) is 1. The van der Waals surface area contributed by atoms with Gasteiger partial charge in [0.2, 0.25) is 0 Å². The summed E-state index contributed by atoms with van der Waals surface area (Å²) in [7, 11) is 0. The minimum absolute atomic E-state index is 0.0452. The predicted molar refractivity (Wildman–Crippen MR) is 72.7 cm³/mol. The van der Waals surface area contributed by atoms with E-state index >= 15 is 0 Å². The number of aromatic hydroxyl groups is 1. The van der Waals surface area contributed by atoms with Gasteiger partial charge in [-0.3, -0.25) is 4.99 Å². The predicted octanol–water partition coefficient (Wildman–Crippen LogP) is 1.83. The SMILES string of the molecule is O=C(O)C1CSC(C2Nc3ccc(O)cc3S2)=N1. The molecule has 0 saturated carbocycles. The normalized spacial score (nSPS) is 25.4. The number of carbonyl (C=O) groups is 1. The number of anilines is 1. The molecule has 3 N–H and O–H groups in total. The van der Waals surface area contributed by atoms with Crippen molar-refractivity contribution in [3.05, 3.63) is 18.2 Å². The summed E-state index contributed by atoms with van der Waals surface area (Å²) in [6.07, 6.45) is 0. The highest BCUT2D eigenvalue weighted by molar-refractivity contribution is 8.16. The van der Waals surface area contributed by atoms with E-state index in [0.717, 1.165) is 15.6 Å². The maximum Gasteiger partial charge on any atom is 0.329 e. The smallest absolute Gasteiger partial charge is 0.329 e. The first-order valence-electron chi connectivity index (χ1n) is 5.33. The Labute approximate surface area is 112 Å². The Bertz CT molecular complexity index is 547. The fraction of sp³-hybridized carbons (Fsp3) is 0.273. The number of benzene rings is 1. The van der Waals surface area contributed by atoms with Crippen LogP contribution in [0.2, 0.25) is 0 Å². The van der Waals surface area contributed by atoms with Crippen LogP contribution in [0.15, 0.2) is 28.1 Å². The van der Waals surface area contributed by atoms with E-state index in [1.54, 1.807) is 23.9 Å². The molecule has 2 heterocycles. The molecule has 0 aromatic heterocycles. The average molecular weight is 282 g/mol. The third kappa shape index (κ3) is 2.04. The second-order valence-electron chi connectivity index (χ2n) is 3.96. The molecule has 0 bridgehead atoms. The number of aliphatic carboxylic acids is 1. The fourth-order valence-corrected chi connectivity index (χ4v) is 4.15. The molecular formula is C11H10N2O3S2. The number of hydrogen-bond donors (Lipinski definition) is 3. The van der Waals surface area contributed by atoms with Gasteiger partial charge < -0.3 is 15.5 Å². The van der Waals surface area contributed by atoms with E-state index in [2.05, 4.69) is 10.3 Å². The number of nitrogens with zero attached hydrogens (tertiary/aromatic N) is 1. The lowest BCUT2D eigenvalue weighted by Crippen LogP contribution is -2.19. The molecule has 2 unspecified atom stereocenters. The molecule has 0 saturated heterocycles. The highest BCUT2D eigenvalue weighted by Gasteiger charge is 2.32. The third-order valence-corrected chi connectivity index (χ3v) is 5.12. The fourth-order valence-electron chi connectivity index (χ4n) is 1.80. The number of fused-ring (bicyclic) bond motifs is 1. The van der Waals surface area contributed by atoms with E-state index in [4.69, 9.17) is 5.11 Å². The summed E-state index contributed by atoms with van der Waals surface area (Å²) in [6, 6.07) is 4.50. The van der Waals surface area contributed by atoms with Gasteiger partial charge in [-0.2, -0.15) is 0 Å². The highest BCUT2D eigenvalue weighted by atomic mass is 32.2. The molecule has 94 valence electrons. The Balaban J connectivity index is 1.78. The Morgan fingerprint density at radius 2 is 2.33 bits per heavy atom. The molecule has 0 radical (unpaired) electrons. The van der Waals surface area contributed by atoms with Gasteiger partial charge in [-0.1, -0.05) is 11.8 Å². The molecule has 2 aliphatic rings. The van der Waals surface area contributed by atoms with Gasteiger partial charge >= 0.3 is 5.97 Å². The average Bonchev–Trinajstić information content (AvgIpc) is 2.93. The summed E-state index contributed by atoms with van der Waals surface area (Å²) in [5.41, 5.74) is 0.949. The van der Waals surface area contributed by atoms with Crippen molar-refractivity contribution in [1.29, 1.82) is 0 Å². The maximum absolute atomic E-state index is 10.8. The van der Waals surface area contributed by atoms with Gasteiger partial charge in [0.05, 0.1) is 0 Å². The molecule has 1 aromatic rings. The van der Waals surface area contributed by atoms with Crippen LogP contribution in [0.3, 0.4) is 0 Å². The van der Waals surface area contributed by atoms with Crippen LogP contribution >= 0.6 is 23.5 Å². The second-order valence-corrected chi connectivity index (χ2v) is 6.14. The highest BCUT2D eigenvalue weighted by Crippen LogP contribution is 2.43. The van der Waals surface area contributed by atoms with Gasteiger partial charge in [-0.15, -0.1) is 11.8 Å². The molecule has 3 rings (SSSR count). The molecule has 18 heavy (non-hydrogen) atoms. The topological polar surface area (TPSA) is 81.9 Å². The van der Waals surface area contributed by atoms with E-state index in [1.807, 2.05) is 6.07 Å². The Morgan fingerprint density at radius 3 is 3.06 bits per heavy atom. The molecule has 0 amide bonds. The van der Waals surface area contributed by atoms with Crippen LogP contribution in [0, 0.1) is 0 Å². The first-order valence-corrected chi connectivity index (χ1v) is 7.19. The van der Waals surface area contributed by atoms with Crippen molar-refractivity contribution in [3.63, 3.8) is 0 Å². The summed E-state index contributed by atoms with van der Waals surface area (Å²) in [6.45, 7) is 0. The molecule has 0 fully saturated rings. The minimum Gasteiger partial charge on any atom is -0.508 e. The Hall–Kier alpha value is -1.34. The number of hydrogen-bond acceptors (Lipinski definition) is 6. The van der Waals surface area contributed by atoms with E-state index in [-0.39, 0.29) is 11.1 Å². The van der Waals surface area contributed by atoms with Crippen molar-refractivity contribution in [3.8, 4) is 5.75 Å². The van der Waals surface area contributed by atoms with Crippen LogP contribution < -0.4 is 5.32 Å². The lowest BCUT2D eigenvalue weighted by atomic mass is 10.3. The Kier molecular flexibility index (Phi) is 2.87. The largest absolute Gasteiger partial charge is 0.508 e. The van der Waals surface area contributed by atoms with Gasteiger partial charge in [-0.25, -0.2) is 4.79 Å². The van der Waals surface area contributed by atoms with E-state index in [0.29, 0.717) is 5.75 Å². The lowest BCUT2D eigenvalue weighted by Gasteiger charge is -2.08. The minimum atomic E-state index is -0.879. The zero-order valence-electron chi connectivity index (χ0n) is 9.16. The van der Waals surface area contributed by atoms with Crippen LogP contribution in [0.1, 0.15) is 0 Å². The third-order valence-electron chi connectivity index (χ3n) is 2.68. The van der Waals surface area contributed by atoms with Gasteiger partial charge in [0.15, 0.2) is 6.04 Å². The standard InChI is InChI=1S/C11H10N2O3S2/c14-5-1-2-6-8(3-5)18-10(12-6)9-13-7(4-17-9)11(15)16/h1-3,7,10,12,14H,4H2,(H,15,16).